The second kappa shape index (κ2) is 10.3. The number of hydrogen-bond acceptors (Lipinski definition) is 2. The molecule has 0 unspecified atom stereocenters. The maximum Gasteiger partial charge on any atom is 0.173 e. The van der Waals surface area contributed by atoms with Gasteiger partial charge in [-0.1, -0.05) is 78.6 Å². The summed E-state index contributed by atoms with van der Waals surface area (Å²) in [6, 6.07) is 29.0. The molecule has 0 saturated heterocycles. The minimum Gasteiger partial charge on any atom is -0.454 e. The van der Waals surface area contributed by atoms with Crippen LogP contribution in [0.15, 0.2) is 98.6 Å². The second-order valence-electron chi connectivity index (χ2n) is 9.93. The minimum absolute atomic E-state index is 0.338. The summed E-state index contributed by atoms with van der Waals surface area (Å²) in [6.45, 7) is 9.69. The van der Waals surface area contributed by atoms with Gasteiger partial charge in [0.05, 0.1) is 15.2 Å². The molecule has 5 rings (SSSR count). The molecule has 1 aromatic heterocycles. The maximum atomic E-state index is 7.10. The van der Waals surface area contributed by atoms with E-state index in [0.29, 0.717) is 5.02 Å². The van der Waals surface area contributed by atoms with Crippen LogP contribution in [0.2, 0.25) is 5.02 Å². The van der Waals surface area contributed by atoms with E-state index in [1.165, 1.54) is 21.8 Å². The van der Waals surface area contributed by atoms with Crippen LogP contribution in [0.4, 0.5) is 5.69 Å². The molecular formula is C30H28Br2ClN2OP. The Morgan fingerprint density at radius 3 is 2.27 bits per heavy atom. The zero-order valence-corrected chi connectivity index (χ0v) is 26.0. The van der Waals surface area contributed by atoms with Crippen LogP contribution in [0.1, 0.15) is 27.7 Å². The Morgan fingerprint density at radius 1 is 0.865 bits per heavy atom. The summed E-state index contributed by atoms with van der Waals surface area (Å²) in [5, 5.41) is 3.78. The molecule has 0 radical (unpaired) electrons. The first-order valence-corrected chi connectivity index (χ1v) is 15.8. The number of aromatic nitrogens is 1. The Morgan fingerprint density at radius 2 is 1.57 bits per heavy atom. The van der Waals surface area contributed by atoms with Gasteiger partial charge in [-0.3, -0.25) is 0 Å². The lowest BCUT2D eigenvalue weighted by Crippen LogP contribution is -2.27. The van der Waals surface area contributed by atoms with Crippen LogP contribution in [-0.2, 0) is 6.54 Å². The predicted molar refractivity (Wildman–Crippen MR) is 167 cm³/mol. The molecule has 0 saturated carbocycles. The van der Waals surface area contributed by atoms with Crippen LogP contribution < -0.4 is 9.83 Å². The van der Waals surface area contributed by atoms with E-state index in [2.05, 4.69) is 107 Å². The summed E-state index contributed by atoms with van der Waals surface area (Å²) in [7, 11) is -2.74. The third-order valence-corrected chi connectivity index (χ3v) is 11.7. The van der Waals surface area contributed by atoms with Crippen LogP contribution in [0.3, 0.4) is 0 Å². The normalized spacial score (nSPS) is 13.6. The first-order valence-electron chi connectivity index (χ1n) is 12.2. The summed E-state index contributed by atoms with van der Waals surface area (Å²) in [5.41, 5.74) is 3.18. The number of fused-ring (bicyclic) bond motifs is 3. The molecule has 1 heterocycles. The van der Waals surface area contributed by atoms with Crippen LogP contribution in [0, 0.1) is 0 Å². The fourth-order valence-electron chi connectivity index (χ4n) is 4.75. The van der Waals surface area contributed by atoms with Gasteiger partial charge in [-0.05, 0) is 77.5 Å². The second-order valence-corrected chi connectivity index (χ2v) is 15.5. The number of halogens is 3. The highest BCUT2D eigenvalue weighted by Crippen LogP contribution is 2.63. The van der Waals surface area contributed by atoms with Crippen molar-refractivity contribution in [2.75, 3.05) is 0 Å². The van der Waals surface area contributed by atoms with Gasteiger partial charge in [0.25, 0.3) is 0 Å². The quantitative estimate of drug-likeness (QED) is 0.173. The van der Waals surface area contributed by atoms with Gasteiger partial charge in [0.2, 0.25) is 0 Å². The summed E-state index contributed by atoms with van der Waals surface area (Å²) < 4.78 is 16.7. The van der Waals surface area contributed by atoms with Gasteiger partial charge >= 0.3 is 0 Å². The van der Waals surface area contributed by atoms with Crippen molar-refractivity contribution in [1.82, 2.24) is 4.57 Å². The molecule has 0 fully saturated rings. The third-order valence-electron chi connectivity index (χ3n) is 6.56. The van der Waals surface area contributed by atoms with E-state index in [0.717, 1.165) is 32.2 Å². The molecule has 3 nitrogen and oxygen atoms in total. The highest BCUT2D eigenvalue weighted by atomic mass is 79.9. The first-order chi connectivity index (χ1) is 17.6. The summed E-state index contributed by atoms with van der Waals surface area (Å²) >= 11 is 13.9. The molecule has 0 aliphatic rings. The van der Waals surface area contributed by atoms with Crippen molar-refractivity contribution in [1.29, 1.82) is 0 Å². The number of benzene rings is 4. The van der Waals surface area contributed by atoms with E-state index in [1.807, 2.05) is 42.5 Å². The van der Waals surface area contributed by atoms with Gasteiger partial charge in [-0.2, -0.15) is 0 Å². The molecule has 7 heteroatoms. The fourth-order valence-corrected chi connectivity index (χ4v) is 9.35. The zero-order chi connectivity index (χ0) is 26.4. The standard InChI is InChI=1S/C30H28Br2ClN2OP/c1-5-35-27-13-9-6-10-22(27)23-19-21(15-16-28(23)35)37(30(2,3)4,34-26-12-8-7-11-25(26)33)36-29-17-14-20(31)18-24(29)32/h6-19H,5H2,1-4H3/t37-/m1/s1. The summed E-state index contributed by atoms with van der Waals surface area (Å²) in [6.07, 6.45) is 0. The van der Waals surface area contributed by atoms with Gasteiger partial charge in [0, 0.05) is 43.3 Å². The monoisotopic (exact) mass is 656 g/mol. The van der Waals surface area contributed by atoms with Crippen LogP contribution in [0.25, 0.3) is 21.8 Å². The zero-order valence-electron chi connectivity index (χ0n) is 21.2. The molecule has 4 aromatic carbocycles. The Labute approximate surface area is 240 Å². The number of rotatable bonds is 5. The lowest BCUT2D eigenvalue weighted by atomic mass is 10.1. The smallest absolute Gasteiger partial charge is 0.173 e. The van der Waals surface area contributed by atoms with Crippen molar-refractivity contribution in [3.63, 3.8) is 0 Å². The summed E-state index contributed by atoms with van der Waals surface area (Å²) in [4.78, 5) is 0. The molecule has 0 amide bonds. The average Bonchev–Trinajstić information content (AvgIpc) is 3.18. The van der Waals surface area contributed by atoms with E-state index >= 15 is 0 Å². The molecule has 0 N–H and O–H groups in total. The van der Waals surface area contributed by atoms with Gasteiger partial charge in [-0.15, -0.1) is 0 Å². The highest BCUT2D eigenvalue weighted by Gasteiger charge is 2.40. The fraction of sp³-hybridized carbons (Fsp3) is 0.200. The lowest BCUT2D eigenvalue weighted by molar-refractivity contribution is 0.568. The van der Waals surface area contributed by atoms with Gasteiger partial charge in [0.1, 0.15) is 5.75 Å². The molecule has 190 valence electrons. The molecular weight excluding hydrogens is 631 g/mol. The maximum absolute atomic E-state index is 7.10. The van der Waals surface area contributed by atoms with E-state index < -0.39 is 7.28 Å². The van der Waals surface area contributed by atoms with E-state index in [-0.39, 0.29) is 5.16 Å². The number of hydrogen-bond donors (Lipinski definition) is 0. The van der Waals surface area contributed by atoms with E-state index in [1.54, 1.807) is 0 Å². The van der Waals surface area contributed by atoms with Crippen LogP contribution in [-0.4, -0.2) is 9.72 Å². The predicted octanol–water partition coefficient (Wildman–Crippen LogP) is 10.9. The van der Waals surface area contributed by atoms with Crippen molar-refractivity contribution in [3.8, 4) is 5.75 Å². The topological polar surface area (TPSA) is 26.5 Å². The van der Waals surface area contributed by atoms with Crippen molar-refractivity contribution >= 4 is 83.5 Å². The van der Waals surface area contributed by atoms with Crippen molar-refractivity contribution in [2.45, 2.75) is 39.4 Å². The lowest BCUT2D eigenvalue weighted by Gasteiger charge is -2.37. The van der Waals surface area contributed by atoms with E-state index in [4.69, 9.17) is 20.9 Å². The van der Waals surface area contributed by atoms with Gasteiger partial charge in [0.15, 0.2) is 7.28 Å². The van der Waals surface area contributed by atoms with E-state index in [9.17, 15) is 0 Å². The Hall–Kier alpha value is -2.04. The Balaban J connectivity index is 1.87. The number of para-hydroxylation sites is 1. The Bertz CT molecular complexity index is 1690. The highest BCUT2D eigenvalue weighted by molar-refractivity contribution is 9.11. The molecule has 1 atom stereocenters. The average molecular weight is 659 g/mol. The molecule has 0 spiro atoms. The van der Waals surface area contributed by atoms with Gasteiger partial charge in [-0.25, -0.2) is 4.74 Å². The number of aryl methyl sites for hydroxylation is 1. The Kier molecular flexibility index (Phi) is 7.37. The van der Waals surface area contributed by atoms with Crippen molar-refractivity contribution < 1.29 is 4.52 Å². The van der Waals surface area contributed by atoms with Crippen LogP contribution >= 0.6 is 50.7 Å². The molecule has 37 heavy (non-hydrogen) atoms. The number of nitrogens with zero attached hydrogens (tertiary/aromatic N) is 2. The SMILES string of the molecule is CCn1c2ccccc2c2cc([P@@](=Nc3ccccc3Cl)(Oc3ccc(Br)cc3Br)C(C)(C)C)ccc21. The molecule has 5 aromatic rings. The first kappa shape index (κ1) is 26.6. The van der Waals surface area contributed by atoms with Gasteiger partial charge < -0.3 is 9.09 Å². The third kappa shape index (κ3) is 4.81. The largest absolute Gasteiger partial charge is 0.454 e. The molecule has 0 bridgehead atoms. The van der Waals surface area contributed by atoms with Crippen molar-refractivity contribution in [3.05, 3.63) is 98.9 Å². The summed E-state index contributed by atoms with van der Waals surface area (Å²) in [5.74, 6) is 0.748. The molecule has 0 aliphatic heterocycles. The minimum atomic E-state index is -2.74. The molecule has 0 aliphatic carbocycles. The van der Waals surface area contributed by atoms with Crippen molar-refractivity contribution in [2.24, 2.45) is 4.74 Å². The van der Waals surface area contributed by atoms with Crippen LogP contribution in [0.5, 0.6) is 5.75 Å².